The lowest BCUT2D eigenvalue weighted by Crippen LogP contribution is -2.35. The predicted octanol–water partition coefficient (Wildman–Crippen LogP) is 3.21. The Morgan fingerprint density at radius 3 is 2.44 bits per heavy atom. The van der Waals surface area contributed by atoms with Gasteiger partial charge in [0.05, 0.1) is 0 Å². The second-order valence-corrected chi connectivity index (χ2v) is 5.40. The van der Waals surface area contributed by atoms with E-state index in [4.69, 9.17) is 0 Å². The molecule has 3 heteroatoms. The third kappa shape index (κ3) is 3.49. The van der Waals surface area contributed by atoms with Crippen molar-refractivity contribution < 1.29 is 9.90 Å². The van der Waals surface area contributed by atoms with E-state index in [1.165, 1.54) is 6.07 Å². The fourth-order valence-corrected chi connectivity index (χ4v) is 1.99. The Bertz CT molecular complexity index is 427. The van der Waals surface area contributed by atoms with Crippen LogP contribution in [0.4, 0.5) is 0 Å². The lowest BCUT2D eigenvalue weighted by Gasteiger charge is -2.26. The van der Waals surface area contributed by atoms with Crippen molar-refractivity contribution in [1.29, 1.82) is 0 Å². The Labute approximate surface area is 109 Å². The largest absolute Gasteiger partial charge is 0.508 e. The van der Waals surface area contributed by atoms with Crippen molar-refractivity contribution in [3.8, 4) is 5.75 Å². The molecule has 100 valence electrons. The number of hydrogen-bond acceptors (Lipinski definition) is 2. The van der Waals surface area contributed by atoms with Gasteiger partial charge in [0.25, 0.3) is 5.91 Å². The lowest BCUT2D eigenvalue weighted by molar-refractivity contribution is 0.0728. The number of aryl methyl sites for hydroxylation is 1. The number of carbonyl (C=O) groups excluding carboxylic acids is 1. The summed E-state index contributed by atoms with van der Waals surface area (Å²) < 4.78 is 0. The maximum atomic E-state index is 12.2. The summed E-state index contributed by atoms with van der Waals surface area (Å²) >= 11 is 0. The molecule has 0 saturated carbocycles. The van der Waals surface area contributed by atoms with Gasteiger partial charge in [0.1, 0.15) is 5.75 Å². The molecule has 0 aliphatic heterocycles. The number of hydrogen-bond donors (Lipinski definition) is 1. The first-order valence-corrected chi connectivity index (χ1v) is 6.39. The van der Waals surface area contributed by atoms with Gasteiger partial charge in [-0.25, -0.2) is 0 Å². The number of amides is 1. The molecule has 0 aliphatic rings. The standard InChI is InChI=1S/C15H23NO2/c1-10(2)8-12(4)16(5)15(18)13-7-6-11(3)14(17)9-13/h6-7,9-10,12,17H,8H2,1-5H3. The molecule has 1 amide bonds. The Balaban J connectivity index is 2.82. The summed E-state index contributed by atoms with van der Waals surface area (Å²) in [6, 6.07) is 5.26. The molecule has 0 spiro atoms. The second-order valence-electron chi connectivity index (χ2n) is 5.40. The Hall–Kier alpha value is -1.51. The van der Waals surface area contributed by atoms with Crippen LogP contribution < -0.4 is 0 Å². The van der Waals surface area contributed by atoms with E-state index in [9.17, 15) is 9.90 Å². The number of carbonyl (C=O) groups is 1. The van der Waals surface area contributed by atoms with Crippen LogP contribution >= 0.6 is 0 Å². The molecule has 3 nitrogen and oxygen atoms in total. The molecule has 1 N–H and O–H groups in total. The first-order valence-electron chi connectivity index (χ1n) is 6.39. The van der Waals surface area contributed by atoms with Gasteiger partial charge in [0.2, 0.25) is 0 Å². The van der Waals surface area contributed by atoms with Gasteiger partial charge in [0, 0.05) is 18.7 Å². The fraction of sp³-hybridized carbons (Fsp3) is 0.533. The van der Waals surface area contributed by atoms with Gasteiger partial charge in [-0.2, -0.15) is 0 Å². The first kappa shape index (κ1) is 14.6. The molecular formula is C15H23NO2. The van der Waals surface area contributed by atoms with Crippen molar-refractivity contribution in [3.05, 3.63) is 29.3 Å². The highest BCUT2D eigenvalue weighted by atomic mass is 16.3. The molecule has 1 aromatic rings. The summed E-state index contributed by atoms with van der Waals surface area (Å²) in [6.07, 6.45) is 0.972. The SMILES string of the molecule is Cc1ccc(C(=O)N(C)C(C)CC(C)C)cc1O. The number of aromatic hydroxyl groups is 1. The monoisotopic (exact) mass is 249 g/mol. The van der Waals surface area contributed by atoms with E-state index < -0.39 is 0 Å². The smallest absolute Gasteiger partial charge is 0.253 e. The van der Waals surface area contributed by atoms with E-state index in [2.05, 4.69) is 13.8 Å². The van der Waals surface area contributed by atoms with E-state index in [-0.39, 0.29) is 17.7 Å². The minimum atomic E-state index is -0.0431. The van der Waals surface area contributed by atoms with Crippen molar-refractivity contribution in [2.75, 3.05) is 7.05 Å². The summed E-state index contributed by atoms with van der Waals surface area (Å²) in [6.45, 7) is 8.15. The quantitative estimate of drug-likeness (QED) is 0.890. The van der Waals surface area contributed by atoms with Crippen molar-refractivity contribution in [1.82, 2.24) is 4.90 Å². The molecule has 1 aromatic carbocycles. The van der Waals surface area contributed by atoms with Crippen LogP contribution in [0.5, 0.6) is 5.75 Å². The van der Waals surface area contributed by atoms with Gasteiger partial charge >= 0.3 is 0 Å². The molecule has 0 radical (unpaired) electrons. The maximum Gasteiger partial charge on any atom is 0.253 e. The van der Waals surface area contributed by atoms with Crippen LogP contribution in [0.3, 0.4) is 0 Å². The second kappa shape index (κ2) is 5.89. The molecule has 0 fully saturated rings. The highest BCUT2D eigenvalue weighted by Gasteiger charge is 2.18. The van der Waals surface area contributed by atoms with Gasteiger partial charge < -0.3 is 10.0 Å². The summed E-state index contributed by atoms with van der Waals surface area (Å²) in [5, 5.41) is 9.64. The molecule has 0 aromatic heterocycles. The van der Waals surface area contributed by atoms with E-state index in [0.29, 0.717) is 11.5 Å². The highest BCUT2D eigenvalue weighted by molar-refractivity contribution is 5.94. The summed E-state index contributed by atoms with van der Waals surface area (Å²) in [7, 11) is 1.81. The van der Waals surface area contributed by atoms with E-state index in [1.54, 1.807) is 17.0 Å². The van der Waals surface area contributed by atoms with Gasteiger partial charge in [-0.1, -0.05) is 19.9 Å². The molecule has 1 atom stereocenters. The molecule has 0 heterocycles. The molecule has 1 unspecified atom stereocenters. The molecule has 0 saturated heterocycles. The van der Waals surface area contributed by atoms with E-state index in [0.717, 1.165) is 12.0 Å². The van der Waals surface area contributed by atoms with Gasteiger partial charge in [-0.15, -0.1) is 0 Å². The van der Waals surface area contributed by atoms with Crippen LogP contribution in [0.2, 0.25) is 0 Å². The first-order chi connectivity index (χ1) is 8.32. The zero-order chi connectivity index (χ0) is 13.9. The van der Waals surface area contributed by atoms with Crippen LogP contribution in [0.15, 0.2) is 18.2 Å². The topological polar surface area (TPSA) is 40.5 Å². The van der Waals surface area contributed by atoms with Crippen LogP contribution in [-0.4, -0.2) is 29.0 Å². The van der Waals surface area contributed by atoms with E-state index in [1.807, 2.05) is 20.9 Å². The summed E-state index contributed by atoms with van der Waals surface area (Å²) in [4.78, 5) is 14.0. The van der Waals surface area contributed by atoms with Crippen molar-refractivity contribution in [3.63, 3.8) is 0 Å². The molecule has 1 rings (SSSR count). The van der Waals surface area contributed by atoms with Crippen LogP contribution in [0, 0.1) is 12.8 Å². The fourth-order valence-electron chi connectivity index (χ4n) is 1.99. The number of phenols is 1. The lowest BCUT2D eigenvalue weighted by atomic mass is 10.0. The number of benzene rings is 1. The number of phenolic OH excluding ortho intramolecular Hbond substituents is 1. The Morgan fingerprint density at radius 1 is 1.33 bits per heavy atom. The summed E-state index contributed by atoms with van der Waals surface area (Å²) in [5.74, 6) is 0.686. The highest BCUT2D eigenvalue weighted by Crippen LogP contribution is 2.20. The van der Waals surface area contributed by atoms with Crippen molar-refractivity contribution >= 4 is 5.91 Å². The van der Waals surface area contributed by atoms with Gasteiger partial charge in [-0.3, -0.25) is 4.79 Å². The third-order valence-electron chi connectivity index (χ3n) is 3.25. The van der Waals surface area contributed by atoms with Gasteiger partial charge in [-0.05, 0) is 43.9 Å². The number of nitrogens with zero attached hydrogens (tertiary/aromatic N) is 1. The molecular weight excluding hydrogens is 226 g/mol. The third-order valence-corrected chi connectivity index (χ3v) is 3.25. The van der Waals surface area contributed by atoms with E-state index >= 15 is 0 Å². The van der Waals surface area contributed by atoms with Gasteiger partial charge in [0.15, 0.2) is 0 Å². The maximum absolute atomic E-state index is 12.2. The Morgan fingerprint density at radius 2 is 1.94 bits per heavy atom. The van der Waals surface area contributed by atoms with Crippen LogP contribution in [-0.2, 0) is 0 Å². The van der Waals surface area contributed by atoms with Crippen LogP contribution in [0.1, 0.15) is 43.1 Å². The average Bonchev–Trinajstić information content (AvgIpc) is 2.30. The number of rotatable bonds is 4. The van der Waals surface area contributed by atoms with Crippen molar-refractivity contribution in [2.24, 2.45) is 5.92 Å². The Kier molecular flexibility index (Phi) is 4.76. The minimum absolute atomic E-state index is 0.0431. The van der Waals surface area contributed by atoms with Crippen LogP contribution in [0.25, 0.3) is 0 Å². The minimum Gasteiger partial charge on any atom is -0.508 e. The normalized spacial score (nSPS) is 12.6. The molecule has 0 bridgehead atoms. The summed E-state index contributed by atoms with van der Waals surface area (Å²) in [5.41, 5.74) is 1.32. The molecule has 0 aliphatic carbocycles. The zero-order valence-corrected chi connectivity index (χ0v) is 11.9. The zero-order valence-electron chi connectivity index (χ0n) is 11.9. The average molecular weight is 249 g/mol. The predicted molar refractivity (Wildman–Crippen MR) is 73.9 cm³/mol. The van der Waals surface area contributed by atoms with Crippen molar-refractivity contribution in [2.45, 2.75) is 40.2 Å². The molecule has 18 heavy (non-hydrogen) atoms.